The van der Waals surface area contributed by atoms with E-state index in [2.05, 4.69) is 167 Å². The maximum absolute atomic E-state index is 12.9. The van der Waals surface area contributed by atoms with Gasteiger partial charge in [0.25, 0.3) is 0 Å². The number of carbonyl (C=O) groups excluding carboxylic acids is 3. The van der Waals surface area contributed by atoms with Crippen molar-refractivity contribution < 1.29 is 28.6 Å². The highest BCUT2D eigenvalue weighted by molar-refractivity contribution is 5.71. The smallest absolute Gasteiger partial charge is 0.306 e. The van der Waals surface area contributed by atoms with E-state index in [0.717, 1.165) is 135 Å². The van der Waals surface area contributed by atoms with Gasteiger partial charge < -0.3 is 14.2 Å². The minimum atomic E-state index is -0.810. The molecule has 0 aromatic heterocycles. The fourth-order valence-corrected chi connectivity index (χ4v) is 8.88. The Labute approximate surface area is 499 Å². The van der Waals surface area contributed by atoms with Crippen LogP contribution in [0.4, 0.5) is 0 Å². The van der Waals surface area contributed by atoms with E-state index in [1.807, 2.05) is 0 Å². The largest absolute Gasteiger partial charge is 0.462 e. The zero-order chi connectivity index (χ0) is 58.5. The molecule has 0 aromatic carbocycles. The van der Waals surface area contributed by atoms with Crippen LogP contribution in [0.5, 0.6) is 0 Å². The molecular weight excluding hydrogens is 997 g/mol. The number of esters is 3. The van der Waals surface area contributed by atoms with E-state index in [-0.39, 0.29) is 37.5 Å². The second kappa shape index (κ2) is 67.8. The van der Waals surface area contributed by atoms with Crippen molar-refractivity contribution in [3.8, 4) is 0 Å². The number of hydrogen-bond donors (Lipinski definition) is 0. The molecule has 0 aliphatic heterocycles. The molecule has 0 bridgehead atoms. The van der Waals surface area contributed by atoms with Gasteiger partial charge in [0, 0.05) is 19.3 Å². The first kappa shape index (κ1) is 76.3. The van der Waals surface area contributed by atoms with Crippen molar-refractivity contribution in [1.29, 1.82) is 0 Å². The molecule has 6 nitrogen and oxygen atoms in total. The van der Waals surface area contributed by atoms with Crippen molar-refractivity contribution in [2.24, 2.45) is 0 Å². The molecule has 0 saturated carbocycles. The molecule has 0 aliphatic carbocycles. The summed E-state index contributed by atoms with van der Waals surface area (Å²) in [6.07, 6.45) is 97.2. The maximum atomic E-state index is 12.9. The third-order valence-corrected chi connectivity index (χ3v) is 13.8. The Morgan fingerprint density at radius 1 is 0.259 bits per heavy atom. The summed E-state index contributed by atoms with van der Waals surface area (Å²) in [6.45, 7) is 6.37. The molecular formula is C75H122O6. The van der Waals surface area contributed by atoms with E-state index in [4.69, 9.17) is 14.2 Å². The fraction of sp³-hybridized carbons (Fsp3) is 0.640. The first-order valence-corrected chi connectivity index (χ1v) is 33.3. The van der Waals surface area contributed by atoms with Gasteiger partial charge in [-0.1, -0.05) is 276 Å². The van der Waals surface area contributed by atoms with E-state index in [1.54, 1.807) is 0 Å². The monoisotopic (exact) mass is 1120 g/mol. The van der Waals surface area contributed by atoms with Crippen LogP contribution < -0.4 is 0 Å². The SMILES string of the molecule is CC/C=C\C/C=C\C/C=C\C/C=C\C/C=C\C/C=C\C/C=C\CCCCCCCCCCCCCC(=O)OCC(COC(=O)CCCCCCC/C=C\CCCCCCCC)OC(=O)CCCC/C=C\C/C=C\C/C=C\C/C=C\CC. The third kappa shape index (κ3) is 66.0. The molecule has 0 heterocycles. The standard InChI is InChI=1S/C75H122O6/c1-4-7-10-13-16-19-22-25-28-29-30-31-32-33-34-35-36-37-38-39-40-41-42-43-44-45-48-50-53-56-59-62-65-68-74(77)80-71-72(81-75(78)69-66-63-60-57-54-51-47-27-24-21-18-15-12-9-6-3)70-79-73(76)67-64-61-58-55-52-49-46-26-23-20-17-14-11-8-5-2/h7,9-10,12,16,18-19,21,25-28,30-31,33-34,36-37,39-40,46-47,54,57,72H,4-6,8,11,13-15,17,20,22-24,29,32,35,38,41-45,48-53,55-56,58-71H2,1-3H3/b10-7-,12-9-,19-16-,21-18-,28-25-,31-30-,34-33-,37-36-,40-39-,46-26-,47-27-,57-54-. The van der Waals surface area contributed by atoms with Gasteiger partial charge in [0.2, 0.25) is 0 Å². The van der Waals surface area contributed by atoms with Gasteiger partial charge in [0.1, 0.15) is 13.2 Å². The number of allylic oxidation sites excluding steroid dienone is 24. The van der Waals surface area contributed by atoms with E-state index in [0.29, 0.717) is 19.3 Å². The number of rotatable bonds is 59. The predicted octanol–water partition coefficient (Wildman–Crippen LogP) is 23.1. The van der Waals surface area contributed by atoms with Crippen LogP contribution in [-0.4, -0.2) is 37.2 Å². The Morgan fingerprint density at radius 3 is 0.790 bits per heavy atom. The molecule has 81 heavy (non-hydrogen) atoms. The van der Waals surface area contributed by atoms with Crippen molar-refractivity contribution in [3.63, 3.8) is 0 Å². The van der Waals surface area contributed by atoms with E-state index in [1.165, 1.54) is 109 Å². The number of carbonyl (C=O) groups is 3. The molecule has 0 aromatic rings. The van der Waals surface area contributed by atoms with Gasteiger partial charge in [-0.15, -0.1) is 0 Å². The Morgan fingerprint density at radius 2 is 0.481 bits per heavy atom. The lowest BCUT2D eigenvalue weighted by Crippen LogP contribution is -2.30. The van der Waals surface area contributed by atoms with Crippen molar-refractivity contribution in [2.45, 2.75) is 297 Å². The maximum Gasteiger partial charge on any atom is 0.306 e. The Balaban J connectivity index is 4.30. The Bertz CT molecular complexity index is 1760. The van der Waals surface area contributed by atoms with Crippen molar-refractivity contribution >= 4 is 17.9 Å². The lowest BCUT2D eigenvalue weighted by molar-refractivity contribution is -0.167. The van der Waals surface area contributed by atoms with Gasteiger partial charge in [-0.05, 0) is 141 Å². The van der Waals surface area contributed by atoms with Crippen molar-refractivity contribution in [1.82, 2.24) is 0 Å². The first-order valence-electron chi connectivity index (χ1n) is 33.3. The average Bonchev–Trinajstić information content (AvgIpc) is 3.47. The summed E-state index contributed by atoms with van der Waals surface area (Å²) in [5, 5.41) is 0. The second-order valence-corrected chi connectivity index (χ2v) is 21.6. The molecule has 0 fully saturated rings. The number of hydrogen-bond acceptors (Lipinski definition) is 6. The van der Waals surface area contributed by atoms with Crippen LogP contribution in [0.15, 0.2) is 146 Å². The van der Waals surface area contributed by atoms with E-state index in [9.17, 15) is 14.4 Å². The number of ether oxygens (including phenoxy) is 3. The van der Waals surface area contributed by atoms with Crippen LogP contribution in [-0.2, 0) is 28.6 Å². The van der Waals surface area contributed by atoms with Crippen LogP contribution in [0.3, 0.4) is 0 Å². The van der Waals surface area contributed by atoms with E-state index >= 15 is 0 Å². The minimum Gasteiger partial charge on any atom is -0.462 e. The van der Waals surface area contributed by atoms with Gasteiger partial charge in [-0.2, -0.15) is 0 Å². The molecule has 0 aliphatic rings. The topological polar surface area (TPSA) is 78.9 Å². The molecule has 458 valence electrons. The predicted molar refractivity (Wildman–Crippen MR) is 352 cm³/mol. The summed E-state index contributed by atoms with van der Waals surface area (Å²) in [5.41, 5.74) is 0. The summed E-state index contributed by atoms with van der Waals surface area (Å²) < 4.78 is 16.9. The van der Waals surface area contributed by atoms with Gasteiger partial charge in [0.05, 0.1) is 0 Å². The molecule has 0 rings (SSSR count). The molecule has 1 atom stereocenters. The molecule has 0 saturated heterocycles. The van der Waals surface area contributed by atoms with Crippen LogP contribution >= 0.6 is 0 Å². The highest BCUT2D eigenvalue weighted by Gasteiger charge is 2.19. The lowest BCUT2D eigenvalue weighted by atomic mass is 10.0. The van der Waals surface area contributed by atoms with Crippen LogP contribution in [0.25, 0.3) is 0 Å². The van der Waals surface area contributed by atoms with Crippen LogP contribution in [0.1, 0.15) is 290 Å². The second-order valence-electron chi connectivity index (χ2n) is 21.6. The zero-order valence-electron chi connectivity index (χ0n) is 52.5. The molecule has 0 radical (unpaired) electrons. The first-order chi connectivity index (χ1) is 40.0. The summed E-state index contributed by atoms with van der Waals surface area (Å²) in [5.74, 6) is -0.953. The van der Waals surface area contributed by atoms with Crippen molar-refractivity contribution in [3.05, 3.63) is 146 Å². The summed E-state index contributed by atoms with van der Waals surface area (Å²) >= 11 is 0. The van der Waals surface area contributed by atoms with Gasteiger partial charge >= 0.3 is 17.9 Å². The third-order valence-electron chi connectivity index (χ3n) is 13.8. The quantitative estimate of drug-likeness (QED) is 0.0261. The molecule has 1 unspecified atom stereocenters. The fourth-order valence-electron chi connectivity index (χ4n) is 8.88. The van der Waals surface area contributed by atoms with Gasteiger partial charge in [-0.3, -0.25) is 14.4 Å². The van der Waals surface area contributed by atoms with Crippen molar-refractivity contribution in [2.75, 3.05) is 13.2 Å². The summed E-state index contributed by atoms with van der Waals surface area (Å²) in [6, 6.07) is 0. The molecule has 0 N–H and O–H groups in total. The molecule has 6 heteroatoms. The summed E-state index contributed by atoms with van der Waals surface area (Å²) in [4.78, 5) is 38.3. The highest BCUT2D eigenvalue weighted by Crippen LogP contribution is 2.15. The van der Waals surface area contributed by atoms with Crippen LogP contribution in [0, 0.1) is 0 Å². The lowest BCUT2D eigenvalue weighted by Gasteiger charge is -2.18. The van der Waals surface area contributed by atoms with Gasteiger partial charge in [-0.25, -0.2) is 0 Å². The normalized spacial score (nSPS) is 13.1. The number of unbranched alkanes of at least 4 members (excludes halogenated alkanes) is 24. The highest BCUT2D eigenvalue weighted by atomic mass is 16.6. The molecule has 0 amide bonds. The Kier molecular flexibility index (Phi) is 63.9. The molecule has 0 spiro atoms. The zero-order valence-corrected chi connectivity index (χ0v) is 52.5. The average molecular weight is 1120 g/mol. The Hall–Kier alpha value is -4.71. The van der Waals surface area contributed by atoms with Crippen LogP contribution in [0.2, 0.25) is 0 Å². The van der Waals surface area contributed by atoms with E-state index < -0.39 is 6.10 Å². The van der Waals surface area contributed by atoms with Gasteiger partial charge in [0.15, 0.2) is 6.10 Å². The summed E-state index contributed by atoms with van der Waals surface area (Å²) in [7, 11) is 0. The minimum absolute atomic E-state index is 0.102.